The summed E-state index contributed by atoms with van der Waals surface area (Å²) in [7, 11) is 0. The van der Waals surface area contributed by atoms with Crippen LogP contribution < -0.4 is 9.64 Å². The Labute approximate surface area is 111 Å². The summed E-state index contributed by atoms with van der Waals surface area (Å²) in [4.78, 5) is 24.3. The topological polar surface area (TPSA) is 66.8 Å². The second-order valence-electron chi connectivity index (χ2n) is 4.57. The Balaban J connectivity index is 2.18. The smallest absolute Gasteiger partial charge is 0.303 e. The average Bonchev–Trinajstić information content (AvgIpc) is 2.70. The number of carboxylic acids is 1. The van der Waals surface area contributed by atoms with Gasteiger partial charge in [-0.1, -0.05) is 12.1 Å². The molecule has 0 radical (unpaired) electrons. The molecule has 19 heavy (non-hydrogen) atoms. The zero-order valence-electron chi connectivity index (χ0n) is 10.8. The molecule has 1 unspecified atom stereocenters. The number of aliphatic carboxylic acids is 1. The van der Waals surface area contributed by atoms with E-state index in [2.05, 4.69) is 0 Å². The Kier molecular flexibility index (Phi) is 4.04. The fourth-order valence-corrected chi connectivity index (χ4v) is 2.36. The normalized spacial score (nSPS) is 18.7. The van der Waals surface area contributed by atoms with Crippen molar-refractivity contribution in [1.82, 2.24) is 0 Å². The van der Waals surface area contributed by atoms with Crippen molar-refractivity contribution in [3.63, 3.8) is 0 Å². The summed E-state index contributed by atoms with van der Waals surface area (Å²) in [5.74, 6) is -0.370. The first-order valence-corrected chi connectivity index (χ1v) is 6.35. The van der Waals surface area contributed by atoms with Crippen molar-refractivity contribution >= 4 is 17.6 Å². The minimum atomic E-state index is -0.863. The van der Waals surface area contributed by atoms with Gasteiger partial charge < -0.3 is 14.7 Å². The van der Waals surface area contributed by atoms with Gasteiger partial charge in [0.1, 0.15) is 5.75 Å². The molecule has 1 atom stereocenters. The minimum absolute atomic E-state index is 0.0268. The highest BCUT2D eigenvalue weighted by molar-refractivity contribution is 5.97. The van der Waals surface area contributed by atoms with Crippen molar-refractivity contribution in [2.45, 2.75) is 19.8 Å². The number of para-hydroxylation sites is 2. The molecule has 102 valence electrons. The summed E-state index contributed by atoms with van der Waals surface area (Å²) in [5.41, 5.74) is 0.724. The summed E-state index contributed by atoms with van der Waals surface area (Å²) in [5, 5.41) is 8.80. The molecule has 1 fully saturated rings. The third kappa shape index (κ3) is 3.05. The van der Waals surface area contributed by atoms with Gasteiger partial charge in [-0.05, 0) is 25.0 Å². The molecule has 0 spiro atoms. The highest BCUT2D eigenvalue weighted by Crippen LogP contribution is 2.33. The molecule has 1 heterocycles. The second kappa shape index (κ2) is 5.73. The van der Waals surface area contributed by atoms with Gasteiger partial charge in [0.25, 0.3) is 0 Å². The van der Waals surface area contributed by atoms with Gasteiger partial charge in [0, 0.05) is 13.0 Å². The molecule has 1 aromatic carbocycles. The monoisotopic (exact) mass is 263 g/mol. The molecule has 1 amide bonds. The largest absolute Gasteiger partial charge is 0.492 e. The maximum absolute atomic E-state index is 12.0. The number of carboxylic acid groups (broad SMARTS) is 1. The van der Waals surface area contributed by atoms with Crippen LogP contribution in [0.4, 0.5) is 5.69 Å². The van der Waals surface area contributed by atoms with E-state index in [9.17, 15) is 9.59 Å². The van der Waals surface area contributed by atoms with Crippen LogP contribution in [0.2, 0.25) is 0 Å². The van der Waals surface area contributed by atoms with Crippen molar-refractivity contribution in [2.24, 2.45) is 5.92 Å². The lowest BCUT2D eigenvalue weighted by molar-refractivity contribution is -0.137. The number of ether oxygens (including phenoxy) is 1. The van der Waals surface area contributed by atoms with Crippen molar-refractivity contribution in [2.75, 3.05) is 18.1 Å². The third-order valence-electron chi connectivity index (χ3n) is 3.12. The lowest BCUT2D eigenvalue weighted by Crippen LogP contribution is -2.25. The Morgan fingerprint density at radius 1 is 1.47 bits per heavy atom. The quantitative estimate of drug-likeness (QED) is 0.881. The lowest BCUT2D eigenvalue weighted by Gasteiger charge is -2.19. The Morgan fingerprint density at radius 3 is 2.89 bits per heavy atom. The number of nitrogens with zero attached hydrogens (tertiary/aromatic N) is 1. The molecule has 2 rings (SSSR count). The SMILES string of the molecule is CCOc1ccccc1N1CC(CC(=O)O)CC1=O. The minimum Gasteiger partial charge on any atom is -0.492 e. The summed E-state index contributed by atoms with van der Waals surface area (Å²) < 4.78 is 5.50. The van der Waals surface area contributed by atoms with E-state index in [0.717, 1.165) is 5.69 Å². The molecule has 1 aromatic rings. The predicted molar refractivity (Wildman–Crippen MR) is 70.3 cm³/mol. The molecule has 5 nitrogen and oxygen atoms in total. The van der Waals surface area contributed by atoms with E-state index >= 15 is 0 Å². The van der Waals surface area contributed by atoms with Gasteiger partial charge in [0.15, 0.2) is 0 Å². The zero-order valence-corrected chi connectivity index (χ0v) is 10.8. The Bertz CT molecular complexity index is 486. The number of hydrogen-bond acceptors (Lipinski definition) is 3. The van der Waals surface area contributed by atoms with E-state index < -0.39 is 5.97 Å². The van der Waals surface area contributed by atoms with Crippen LogP contribution in [-0.4, -0.2) is 30.1 Å². The molecule has 0 bridgehead atoms. The molecule has 1 saturated heterocycles. The number of carbonyl (C=O) groups excluding carboxylic acids is 1. The highest BCUT2D eigenvalue weighted by Gasteiger charge is 2.33. The first-order chi connectivity index (χ1) is 9.11. The summed E-state index contributed by atoms with van der Waals surface area (Å²) in [6, 6.07) is 7.34. The lowest BCUT2D eigenvalue weighted by atomic mass is 10.1. The molecule has 5 heteroatoms. The first-order valence-electron chi connectivity index (χ1n) is 6.35. The number of benzene rings is 1. The molecule has 0 aliphatic carbocycles. The van der Waals surface area contributed by atoms with Crippen molar-refractivity contribution in [1.29, 1.82) is 0 Å². The third-order valence-corrected chi connectivity index (χ3v) is 3.12. The van der Waals surface area contributed by atoms with E-state index in [-0.39, 0.29) is 24.7 Å². The fraction of sp³-hybridized carbons (Fsp3) is 0.429. The number of rotatable bonds is 5. The highest BCUT2D eigenvalue weighted by atomic mass is 16.5. The summed E-state index contributed by atoms with van der Waals surface area (Å²) in [6.07, 6.45) is 0.311. The van der Waals surface area contributed by atoms with Crippen molar-refractivity contribution < 1.29 is 19.4 Å². The van der Waals surface area contributed by atoms with Gasteiger partial charge in [-0.25, -0.2) is 0 Å². The molecular weight excluding hydrogens is 246 g/mol. The van der Waals surface area contributed by atoms with E-state index in [0.29, 0.717) is 18.9 Å². The van der Waals surface area contributed by atoms with Gasteiger partial charge in [-0.15, -0.1) is 0 Å². The maximum atomic E-state index is 12.0. The molecule has 1 N–H and O–H groups in total. The number of amides is 1. The average molecular weight is 263 g/mol. The number of anilines is 1. The van der Waals surface area contributed by atoms with Gasteiger partial charge in [0.2, 0.25) is 5.91 Å². The van der Waals surface area contributed by atoms with Gasteiger partial charge in [-0.2, -0.15) is 0 Å². The van der Waals surface area contributed by atoms with E-state index in [1.807, 2.05) is 31.2 Å². The number of carbonyl (C=O) groups is 2. The van der Waals surface area contributed by atoms with Crippen LogP contribution in [0.15, 0.2) is 24.3 Å². The second-order valence-corrected chi connectivity index (χ2v) is 4.57. The maximum Gasteiger partial charge on any atom is 0.303 e. The molecule has 0 aromatic heterocycles. The van der Waals surface area contributed by atoms with Crippen LogP contribution in [0.1, 0.15) is 19.8 Å². The molecule has 1 aliphatic rings. The van der Waals surface area contributed by atoms with Crippen LogP contribution >= 0.6 is 0 Å². The Morgan fingerprint density at radius 2 is 2.21 bits per heavy atom. The number of hydrogen-bond donors (Lipinski definition) is 1. The predicted octanol–water partition coefficient (Wildman–Crippen LogP) is 1.91. The van der Waals surface area contributed by atoms with Crippen LogP contribution in [0, 0.1) is 5.92 Å². The molecular formula is C14H17NO4. The van der Waals surface area contributed by atoms with E-state index in [4.69, 9.17) is 9.84 Å². The summed E-state index contributed by atoms with van der Waals surface area (Å²) in [6.45, 7) is 2.85. The van der Waals surface area contributed by atoms with Crippen LogP contribution in [0.25, 0.3) is 0 Å². The van der Waals surface area contributed by atoms with Crippen LogP contribution in [0.5, 0.6) is 5.75 Å². The van der Waals surface area contributed by atoms with Gasteiger partial charge in [0.05, 0.1) is 18.7 Å². The van der Waals surface area contributed by atoms with E-state index in [1.165, 1.54) is 0 Å². The first kappa shape index (κ1) is 13.4. The molecule has 0 saturated carbocycles. The summed E-state index contributed by atoms with van der Waals surface area (Å²) >= 11 is 0. The standard InChI is InChI=1S/C14H17NO4/c1-2-19-12-6-4-3-5-11(12)15-9-10(7-13(15)16)8-14(17)18/h3-6,10H,2,7-9H2,1H3,(H,17,18). The van der Waals surface area contributed by atoms with Crippen molar-refractivity contribution in [3.05, 3.63) is 24.3 Å². The van der Waals surface area contributed by atoms with Crippen LogP contribution in [0.3, 0.4) is 0 Å². The molecule has 1 aliphatic heterocycles. The Hall–Kier alpha value is -2.04. The van der Waals surface area contributed by atoms with Gasteiger partial charge in [-0.3, -0.25) is 9.59 Å². The zero-order chi connectivity index (χ0) is 13.8. The van der Waals surface area contributed by atoms with Gasteiger partial charge >= 0.3 is 5.97 Å². The van der Waals surface area contributed by atoms with E-state index in [1.54, 1.807) is 4.90 Å². The van der Waals surface area contributed by atoms with Crippen LogP contribution in [-0.2, 0) is 9.59 Å². The van der Waals surface area contributed by atoms with Crippen molar-refractivity contribution in [3.8, 4) is 5.75 Å². The fourth-order valence-electron chi connectivity index (χ4n) is 2.36.